The lowest BCUT2D eigenvalue weighted by Crippen LogP contribution is -2.33. The summed E-state index contributed by atoms with van der Waals surface area (Å²) in [7, 11) is -3.21. The normalized spacial score (nSPS) is 16.1. The Morgan fingerprint density at radius 3 is 2.53 bits per heavy atom. The number of aromatic nitrogens is 2. The number of hydrogen-bond acceptors (Lipinski definition) is 5. The van der Waals surface area contributed by atoms with Gasteiger partial charge >= 0.3 is 12.1 Å². The monoisotopic (exact) mass is 527 g/mol. The van der Waals surface area contributed by atoms with Gasteiger partial charge in [0.1, 0.15) is 23.9 Å². The van der Waals surface area contributed by atoms with Crippen molar-refractivity contribution in [1.29, 1.82) is 0 Å². The van der Waals surface area contributed by atoms with Crippen LogP contribution in [0.5, 0.6) is 11.5 Å². The number of sulfonamides is 1. The third kappa shape index (κ3) is 5.21. The number of carboxylic acids is 1. The third-order valence-electron chi connectivity index (χ3n) is 5.89. The summed E-state index contributed by atoms with van der Waals surface area (Å²) in [6, 6.07) is 5.93. The molecule has 0 radical (unpaired) electrons. The minimum absolute atomic E-state index is 0.0233. The third-order valence-corrected chi connectivity index (χ3v) is 7.73. The summed E-state index contributed by atoms with van der Waals surface area (Å²) in [5.74, 6) is -2.05. The van der Waals surface area contributed by atoms with E-state index in [1.165, 1.54) is 30.1 Å². The van der Waals surface area contributed by atoms with Gasteiger partial charge in [0.05, 0.1) is 22.7 Å². The van der Waals surface area contributed by atoms with Gasteiger partial charge in [-0.05, 0) is 55.7 Å². The van der Waals surface area contributed by atoms with Gasteiger partial charge in [-0.25, -0.2) is 12.8 Å². The number of halogens is 4. The van der Waals surface area contributed by atoms with E-state index < -0.39 is 51.0 Å². The second kappa shape index (κ2) is 9.54. The molecule has 0 fully saturated rings. The smallest absolute Gasteiger partial charge is 0.416 e. The fourth-order valence-electron chi connectivity index (χ4n) is 4.15. The van der Waals surface area contributed by atoms with E-state index in [4.69, 9.17) is 9.84 Å². The Kier molecular flexibility index (Phi) is 6.80. The summed E-state index contributed by atoms with van der Waals surface area (Å²) >= 11 is 0. The van der Waals surface area contributed by atoms with Crippen LogP contribution >= 0.6 is 0 Å². The molecule has 0 bridgehead atoms. The topological polar surface area (TPSA) is 102 Å². The van der Waals surface area contributed by atoms with E-state index in [1.54, 1.807) is 0 Å². The number of rotatable bonds is 7. The zero-order valence-electron chi connectivity index (χ0n) is 18.9. The van der Waals surface area contributed by atoms with E-state index in [-0.39, 0.29) is 11.5 Å². The molecule has 0 saturated heterocycles. The highest BCUT2D eigenvalue weighted by atomic mass is 32.2. The highest BCUT2D eigenvalue weighted by molar-refractivity contribution is 7.89. The Bertz CT molecular complexity index is 1390. The maximum Gasteiger partial charge on any atom is 0.416 e. The van der Waals surface area contributed by atoms with E-state index in [1.807, 2.05) is 0 Å². The number of alkyl halides is 3. The molecule has 1 N–H and O–H groups in total. The van der Waals surface area contributed by atoms with Gasteiger partial charge in [0, 0.05) is 24.4 Å². The lowest BCUT2D eigenvalue weighted by molar-refractivity contribution is -0.138. The Balaban J connectivity index is 1.72. The Hall–Kier alpha value is -3.45. The quantitative estimate of drug-likeness (QED) is 0.450. The fraction of sp³-hybridized carbons (Fsp3) is 0.304. The number of fused-ring (bicyclic) bond motifs is 1. The molecule has 1 unspecified atom stereocenters. The molecule has 1 heterocycles. The van der Waals surface area contributed by atoms with Crippen LogP contribution in [0, 0.1) is 5.82 Å². The van der Waals surface area contributed by atoms with E-state index in [0.29, 0.717) is 42.7 Å². The molecule has 36 heavy (non-hydrogen) atoms. The molecule has 4 rings (SSSR count). The van der Waals surface area contributed by atoms with Crippen LogP contribution in [0.3, 0.4) is 0 Å². The van der Waals surface area contributed by atoms with Crippen LogP contribution in [-0.4, -0.2) is 40.6 Å². The standard InChI is InChI=1S/C23H21F4N3O5S/c1-29(20-3-2-4-21-19(20)12-28-30(21)13-22(31)32)36(33,34)18-10-14(23(25,26)27)9-17(11-18)35-16-7-5-15(24)6-8-16/h5-12,20H,2-4,13H2,1H3,(H,31,32). The van der Waals surface area contributed by atoms with Gasteiger partial charge < -0.3 is 9.84 Å². The molecule has 0 amide bonds. The van der Waals surface area contributed by atoms with Crippen molar-refractivity contribution in [3.05, 3.63) is 71.3 Å². The van der Waals surface area contributed by atoms with Crippen molar-refractivity contribution in [1.82, 2.24) is 14.1 Å². The summed E-state index contributed by atoms with van der Waals surface area (Å²) in [5, 5.41) is 13.1. The van der Waals surface area contributed by atoms with E-state index >= 15 is 0 Å². The molecule has 13 heteroatoms. The number of ether oxygens (including phenoxy) is 1. The summed E-state index contributed by atoms with van der Waals surface area (Å²) in [5.41, 5.74) is -0.156. The first-order valence-corrected chi connectivity index (χ1v) is 12.2. The van der Waals surface area contributed by atoms with Crippen molar-refractivity contribution in [2.24, 2.45) is 0 Å². The highest BCUT2D eigenvalue weighted by Crippen LogP contribution is 2.39. The van der Waals surface area contributed by atoms with Crippen molar-refractivity contribution < 1.29 is 40.6 Å². The molecule has 1 aromatic heterocycles. The molecule has 1 aliphatic rings. The zero-order valence-corrected chi connectivity index (χ0v) is 19.7. The summed E-state index contributed by atoms with van der Waals surface area (Å²) in [6.07, 6.45) is -2.07. The average Bonchev–Trinajstić information content (AvgIpc) is 3.21. The molecular weight excluding hydrogens is 506 g/mol. The molecule has 192 valence electrons. The molecule has 1 aliphatic carbocycles. The van der Waals surface area contributed by atoms with Gasteiger partial charge in [0.2, 0.25) is 10.0 Å². The van der Waals surface area contributed by atoms with Crippen molar-refractivity contribution >= 4 is 16.0 Å². The Morgan fingerprint density at radius 2 is 1.89 bits per heavy atom. The average molecular weight is 527 g/mol. The summed E-state index contributed by atoms with van der Waals surface area (Å²) in [4.78, 5) is 10.5. The maximum atomic E-state index is 13.6. The summed E-state index contributed by atoms with van der Waals surface area (Å²) in [6.45, 7) is -0.393. The molecule has 8 nitrogen and oxygen atoms in total. The van der Waals surface area contributed by atoms with Crippen LogP contribution in [0.25, 0.3) is 0 Å². The molecule has 3 aromatic rings. The summed E-state index contributed by atoms with van der Waals surface area (Å²) < 4.78 is 88.7. The zero-order chi connectivity index (χ0) is 26.3. The molecule has 2 aromatic carbocycles. The van der Waals surface area contributed by atoms with Gasteiger partial charge in [0.15, 0.2) is 0 Å². The number of aliphatic carboxylic acids is 1. The van der Waals surface area contributed by atoms with Crippen LogP contribution in [0.4, 0.5) is 17.6 Å². The number of carboxylic acid groups (broad SMARTS) is 1. The second-order valence-electron chi connectivity index (χ2n) is 8.27. The maximum absolute atomic E-state index is 13.6. The highest BCUT2D eigenvalue weighted by Gasteiger charge is 2.37. The van der Waals surface area contributed by atoms with Gasteiger partial charge in [0.25, 0.3) is 0 Å². The largest absolute Gasteiger partial charge is 0.480 e. The van der Waals surface area contributed by atoms with Gasteiger partial charge in [-0.1, -0.05) is 0 Å². The van der Waals surface area contributed by atoms with Crippen molar-refractivity contribution in [3.8, 4) is 11.5 Å². The van der Waals surface area contributed by atoms with Gasteiger partial charge in [-0.2, -0.15) is 22.6 Å². The first kappa shape index (κ1) is 25.6. The lowest BCUT2D eigenvalue weighted by atomic mass is 9.93. The van der Waals surface area contributed by atoms with Gasteiger partial charge in [-0.3, -0.25) is 9.48 Å². The second-order valence-corrected chi connectivity index (χ2v) is 10.3. The van der Waals surface area contributed by atoms with Crippen LogP contribution in [0.1, 0.15) is 35.7 Å². The van der Waals surface area contributed by atoms with Crippen LogP contribution in [0.15, 0.2) is 53.6 Å². The van der Waals surface area contributed by atoms with Crippen molar-refractivity contribution in [2.45, 2.75) is 42.9 Å². The number of carbonyl (C=O) groups is 1. The molecule has 0 spiro atoms. The molecule has 1 atom stereocenters. The van der Waals surface area contributed by atoms with Gasteiger partial charge in [-0.15, -0.1) is 0 Å². The SMILES string of the molecule is CN(C1CCCc2c1cnn2CC(=O)O)S(=O)(=O)c1cc(Oc2ccc(F)cc2)cc(C(F)(F)F)c1. The minimum atomic E-state index is -4.86. The van der Waals surface area contributed by atoms with E-state index in [9.17, 15) is 30.8 Å². The van der Waals surface area contributed by atoms with Crippen LogP contribution in [-0.2, 0) is 34.0 Å². The molecule has 0 aliphatic heterocycles. The number of nitrogens with zero attached hydrogens (tertiary/aromatic N) is 3. The number of benzene rings is 2. The first-order valence-electron chi connectivity index (χ1n) is 10.8. The first-order chi connectivity index (χ1) is 16.9. The van der Waals surface area contributed by atoms with Crippen LogP contribution in [0.2, 0.25) is 0 Å². The Morgan fingerprint density at radius 1 is 1.19 bits per heavy atom. The van der Waals surface area contributed by atoms with Crippen molar-refractivity contribution in [3.63, 3.8) is 0 Å². The molecule has 0 saturated carbocycles. The predicted octanol–water partition coefficient (Wildman–Crippen LogP) is 4.62. The minimum Gasteiger partial charge on any atom is -0.480 e. The fourth-order valence-corrected chi connectivity index (χ4v) is 5.58. The number of hydrogen-bond donors (Lipinski definition) is 1. The van der Waals surface area contributed by atoms with Crippen LogP contribution < -0.4 is 4.74 Å². The predicted molar refractivity (Wildman–Crippen MR) is 118 cm³/mol. The lowest BCUT2D eigenvalue weighted by Gasteiger charge is -2.31. The molecular formula is C23H21F4N3O5S. The van der Waals surface area contributed by atoms with E-state index in [2.05, 4.69) is 5.10 Å². The van der Waals surface area contributed by atoms with E-state index in [0.717, 1.165) is 22.5 Å². The van der Waals surface area contributed by atoms with Crippen molar-refractivity contribution in [2.75, 3.05) is 7.05 Å². The Labute approximate surface area is 203 Å².